The molecule has 1 amide bonds. The maximum atomic E-state index is 12.2. The smallest absolute Gasteiger partial charge is 0.237 e. The summed E-state index contributed by atoms with van der Waals surface area (Å²) in [4.78, 5) is 12.2. The quantitative estimate of drug-likeness (QED) is 0.757. The minimum atomic E-state index is -0.131. The second-order valence-electron chi connectivity index (χ2n) is 5.24. The summed E-state index contributed by atoms with van der Waals surface area (Å²) >= 11 is 7.58. The molecule has 120 valence electrons. The van der Waals surface area contributed by atoms with Gasteiger partial charge in [-0.3, -0.25) is 4.79 Å². The number of amides is 1. The van der Waals surface area contributed by atoms with E-state index >= 15 is 0 Å². The molecule has 1 atom stereocenters. The van der Waals surface area contributed by atoms with Gasteiger partial charge in [-0.25, -0.2) is 0 Å². The van der Waals surface area contributed by atoms with Crippen molar-refractivity contribution in [2.45, 2.75) is 19.1 Å². The molecule has 2 aromatic carbocycles. The van der Waals surface area contributed by atoms with Gasteiger partial charge < -0.3 is 5.32 Å². The Hall–Kier alpha value is -1.71. The van der Waals surface area contributed by atoms with E-state index in [1.807, 2.05) is 44.2 Å². The highest BCUT2D eigenvalue weighted by molar-refractivity contribution is 8.00. The van der Waals surface area contributed by atoms with Crippen LogP contribution in [0.15, 0.2) is 54.6 Å². The monoisotopic (exact) mass is 345 g/mol. The predicted molar refractivity (Wildman–Crippen MR) is 102 cm³/mol. The van der Waals surface area contributed by atoms with Gasteiger partial charge in [-0.2, -0.15) is 0 Å². The first-order valence-corrected chi connectivity index (χ1v) is 8.89. The Bertz CT molecular complexity index is 685. The number of hydrogen-bond donors (Lipinski definition) is 1. The number of carbonyl (C=O) groups is 1. The van der Waals surface area contributed by atoms with Crippen LogP contribution in [-0.2, 0) is 4.79 Å². The highest BCUT2D eigenvalue weighted by Gasteiger charge is 2.13. The lowest BCUT2D eigenvalue weighted by molar-refractivity contribution is -0.115. The summed E-state index contributed by atoms with van der Waals surface area (Å²) in [6, 6.07) is 15.6. The highest BCUT2D eigenvalue weighted by Crippen LogP contribution is 2.21. The van der Waals surface area contributed by atoms with Crippen LogP contribution >= 0.6 is 23.4 Å². The summed E-state index contributed by atoms with van der Waals surface area (Å²) in [7, 11) is 0. The van der Waals surface area contributed by atoms with Crippen molar-refractivity contribution in [3.63, 3.8) is 0 Å². The largest absolute Gasteiger partial charge is 0.325 e. The molecule has 2 nitrogen and oxygen atoms in total. The molecule has 0 unspecified atom stereocenters. The second-order valence-corrected chi connectivity index (χ2v) is 7.05. The van der Waals surface area contributed by atoms with Gasteiger partial charge in [-0.15, -0.1) is 11.8 Å². The van der Waals surface area contributed by atoms with Crippen molar-refractivity contribution in [1.29, 1.82) is 0 Å². The molecule has 0 heterocycles. The van der Waals surface area contributed by atoms with Gasteiger partial charge in [0.05, 0.1) is 5.25 Å². The van der Waals surface area contributed by atoms with Gasteiger partial charge in [0.2, 0.25) is 5.91 Å². The van der Waals surface area contributed by atoms with Gasteiger partial charge in [0.15, 0.2) is 0 Å². The maximum absolute atomic E-state index is 12.2. The fraction of sp³-hybridized carbons (Fsp3) is 0.211. The van der Waals surface area contributed by atoms with E-state index in [2.05, 4.69) is 29.6 Å². The topological polar surface area (TPSA) is 29.1 Å². The van der Waals surface area contributed by atoms with Gasteiger partial charge in [0.1, 0.15) is 0 Å². The molecule has 2 rings (SSSR count). The average molecular weight is 346 g/mol. The molecule has 0 aliphatic heterocycles. The van der Waals surface area contributed by atoms with E-state index in [0.717, 1.165) is 17.0 Å². The number of hydrogen-bond acceptors (Lipinski definition) is 2. The molecule has 0 aliphatic rings. The first-order valence-electron chi connectivity index (χ1n) is 7.46. The van der Waals surface area contributed by atoms with Crippen molar-refractivity contribution in [1.82, 2.24) is 0 Å². The predicted octanol–water partition coefficient (Wildman–Crippen LogP) is 5.42. The van der Waals surface area contributed by atoms with Crippen molar-refractivity contribution < 1.29 is 4.79 Å². The molecule has 0 fully saturated rings. The third-order valence-corrected chi connectivity index (χ3v) is 4.71. The molecule has 0 aliphatic carbocycles. The van der Waals surface area contributed by atoms with Gasteiger partial charge in [0, 0.05) is 16.5 Å². The zero-order valence-electron chi connectivity index (χ0n) is 13.3. The minimum Gasteiger partial charge on any atom is -0.325 e. The normalized spacial score (nSPS) is 12.3. The molecule has 0 aromatic heterocycles. The lowest BCUT2D eigenvalue weighted by Gasteiger charge is -2.13. The van der Waals surface area contributed by atoms with E-state index in [1.54, 1.807) is 17.8 Å². The van der Waals surface area contributed by atoms with Crippen LogP contribution in [0.3, 0.4) is 0 Å². The van der Waals surface area contributed by atoms with Crippen LogP contribution in [0.25, 0.3) is 6.08 Å². The third kappa shape index (κ3) is 5.77. The molecule has 0 bridgehead atoms. The van der Waals surface area contributed by atoms with Gasteiger partial charge in [-0.05, 0) is 37.1 Å². The van der Waals surface area contributed by atoms with Gasteiger partial charge in [0.25, 0.3) is 0 Å². The standard InChI is InChI=1S/C19H20ClNOS/c1-14-10-11-17(20)13-18(14)21-19(22)15(2)23-12-6-9-16-7-4-3-5-8-16/h3-11,13,15H,12H2,1-2H3,(H,21,22)/b9-6+/t15-/m0/s1. The summed E-state index contributed by atoms with van der Waals surface area (Å²) in [6.45, 7) is 3.86. The van der Waals surface area contributed by atoms with Crippen molar-refractivity contribution in [3.8, 4) is 0 Å². The highest BCUT2D eigenvalue weighted by atomic mass is 35.5. The summed E-state index contributed by atoms with van der Waals surface area (Å²) in [5.74, 6) is 0.784. The van der Waals surface area contributed by atoms with Crippen LogP contribution in [0.2, 0.25) is 5.02 Å². The fourth-order valence-corrected chi connectivity index (χ4v) is 2.87. The second kappa shape index (κ2) is 8.80. The fourth-order valence-electron chi connectivity index (χ4n) is 1.99. The lowest BCUT2D eigenvalue weighted by atomic mass is 10.2. The summed E-state index contributed by atoms with van der Waals surface area (Å²) < 4.78 is 0. The first kappa shape index (κ1) is 17.6. The minimum absolute atomic E-state index is 0.00604. The Morgan fingerprint density at radius 3 is 2.74 bits per heavy atom. The van der Waals surface area contributed by atoms with Crippen molar-refractivity contribution in [3.05, 3.63) is 70.8 Å². The number of aryl methyl sites for hydroxylation is 1. The number of nitrogens with one attached hydrogen (secondary N) is 1. The molecule has 2 aromatic rings. The van der Waals surface area contributed by atoms with Crippen LogP contribution in [0.4, 0.5) is 5.69 Å². The summed E-state index contributed by atoms with van der Waals surface area (Å²) in [5, 5.41) is 3.43. The van der Waals surface area contributed by atoms with Gasteiger partial charge in [-0.1, -0.05) is 60.2 Å². The first-order chi connectivity index (χ1) is 11.1. The Morgan fingerprint density at radius 1 is 1.26 bits per heavy atom. The Balaban J connectivity index is 1.83. The van der Waals surface area contributed by atoms with Crippen molar-refractivity contribution in [2.24, 2.45) is 0 Å². The molecular weight excluding hydrogens is 326 g/mol. The van der Waals surface area contributed by atoms with Crippen LogP contribution in [0, 0.1) is 6.92 Å². The van der Waals surface area contributed by atoms with Crippen LogP contribution in [0.1, 0.15) is 18.1 Å². The molecular formula is C19H20ClNOS. The summed E-state index contributed by atoms with van der Waals surface area (Å²) in [6.07, 6.45) is 4.15. The maximum Gasteiger partial charge on any atom is 0.237 e. The van der Waals surface area contributed by atoms with E-state index in [4.69, 9.17) is 11.6 Å². The Morgan fingerprint density at radius 2 is 2.00 bits per heavy atom. The molecule has 1 N–H and O–H groups in total. The van der Waals surface area contributed by atoms with Crippen LogP contribution < -0.4 is 5.32 Å². The van der Waals surface area contributed by atoms with E-state index in [1.165, 1.54) is 5.56 Å². The molecule has 0 saturated heterocycles. The van der Waals surface area contributed by atoms with Crippen LogP contribution in [-0.4, -0.2) is 16.9 Å². The number of carbonyl (C=O) groups excluding carboxylic acids is 1. The number of rotatable bonds is 6. The number of thioether (sulfide) groups is 1. The Kier molecular flexibility index (Phi) is 6.75. The van der Waals surface area contributed by atoms with Crippen molar-refractivity contribution in [2.75, 3.05) is 11.1 Å². The van der Waals surface area contributed by atoms with Gasteiger partial charge >= 0.3 is 0 Å². The SMILES string of the molecule is Cc1ccc(Cl)cc1NC(=O)[C@H](C)SC/C=C/c1ccccc1. The number of halogens is 1. The number of benzene rings is 2. The molecule has 0 saturated carbocycles. The molecule has 4 heteroatoms. The summed E-state index contributed by atoms with van der Waals surface area (Å²) in [5.41, 5.74) is 2.94. The van der Waals surface area contributed by atoms with E-state index < -0.39 is 0 Å². The molecule has 23 heavy (non-hydrogen) atoms. The van der Waals surface area contributed by atoms with E-state index in [-0.39, 0.29) is 11.2 Å². The lowest BCUT2D eigenvalue weighted by Crippen LogP contribution is -2.23. The third-order valence-electron chi connectivity index (χ3n) is 3.38. The van der Waals surface area contributed by atoms with Crippen molar-refractivity contribution >= 4 is 41.0 Å². The molecule has 0 spiro atoms. The molecule has 0 radical (unpaired) electrons. The Labute approximate surface area is 146 Å². The zero-order valence-corrected chi connectivity index (χ0v) is 14.8. The number of anilines is 1. The average Bonchev–Trinajstić information content (AvgIpc) is 2.55. The van der Waals surface area contributed by atoms with E-state index in [0.29, 0.717) is 5.02 Å². The van der Waals surface area contributed by atoms with E-state index in [9.17, 15) is 4.79 Å². The zero-order chi connectivity index (χ0) is 16.7. The van der Waals surface area contributed by atoms with Crippen LogP contribution in [0.5, 0.6) is 0 Å².